The molecule has 0 atom stereocenters. The van der Waals surface area contributed by atoms with Crippen LogP contribution in [0.5, 0.6) is 0 Å². The van der Waals surface area contributed by atoms with Crippen molar-refractivity contribution in [1.29, 1.82) is 0 Å². The van der Waals surface area contributed by atoms with Crippen molar-refractivity contribution in [2.75, 3.05) is 0 Å². The average molecular weight is 399 g/mol. The Morgan fingerprint density at radius 1 is 0.500 bits per heavy atom. The van der Waals surface area contributed by atoms with Gasteiger partial charge in [0.15, 0.2) is 0 Å². The minimum atomic E-state index is 0. The topological polar surface area (TPSA) is 142 Å². The predicted octanol–water partition coefficient (Wildman–Crippen LogP) is -0.980. The van der Waals surface area contributed by atoms with Gasteiger partial charge in [0, 0.05) is 18.6 Å². The second-order valence-electron chi connectivity index (χ2n) is 0. The van der Waals surface area contributed by atoms with Crippen LogP contribution in [-0.2, 0) is 62.7 Å². The van der Waals surface area contributed by atoms with Gasteiger partial charge in [-0.2, -0.15) is 0 Å². The predicted molar refractivity (Wildman–Crippen MR) is 9.19 cm³/mol. The maximum Gasteiger partial charge on any atom is 3.00 e. The Kier molecular flexibility index (Phi) is 5040. The molecule has 5 nitrogen and oxygen atoms in total. The summed E-state index contributed by atoms with van der Waals surface area (Å²) in [6.45, 7) is 0. The Morgan fingerprint density at radius 3 is 0.500 bits per heavy atom. The van der Waals surface area contributed by atoms with Gasteiger partial charge < -0.3 is 27.4 Å². The minimum Gasteiger partial charge on any atom is -2.00 e. The Balaban J connectivity index is 0. The molecule has 0 aliphatic carbocycles. The first-order valence-electron chi connectivity index (χ1n) is 0. The van der Waals surface area contributed by atoms with Crippen molar-refractivity contribution in [3.8, 4) is 0 Å². The van der Waals surface area contributed by atoms with Crippen LogP contribution in [-0.4, -0.2) is 26.2 Å². The molecule has 0 aliphatic heterocycles. The molecule has 4 radical (unpaired) electrons. The van der Waals surface area contributed by atoms with Gasteiger partial charge in [-0.15, -0.1) is 0 Å². The van der Waals surface area contributed by atoms with Crippen molar-refractivity contribution in [1.82, 2.24) is 0 Å². The van der Waals surface area contributed by atoms with E-state index in [1.165, 1.54) is 0 Å². The molecule has 0 saturated carbocycles. The Morgan fingerprint density at radius 2 is 0.500 bits per heavy atom. The van der Waals surface area contributed by atoms with Crippen molar-refractivity contribution >= 4 is 26.2 Å². The average Bonchev–Trinajstić information content (AvgIpc) is 0. The molecule has 0 aromatic rings. The molecule has 0 heterocycles. The van der Waals surface area contributed by atoms with Gasteiger partial charge in [0.05, 0.1) is 0 Å². The summed E-state index contributed by atoms with van der Waals surface area (Å²) in [5.74, 6) is 0. The van der Waals surface area contributed by atoms with E-state index in [2.05, 4.69) is 0 Å². The molecule has 8 heavy (non-hydrogen) atoms. The van der Waals surface area contributed by atoms with Gasteiger partial charge in [-0.25, -0.2) is 0 Å². The monoisotopic (exact) mass is 399 g/mol. The van der Waals surface area contributed by atoms with Gasteiger partial charge in [0.25, 0.3) is 0 Å². The summed E-state index contributed by atoms with van der Waals surface area (Å²) >= 11 is 0. The van der Waals surface area contributed by atoms with E-state index in [0.29, 0.717) is 0 Å². The third-order valence-electron chi connectivity index (χ3n) is 0. The first-order valence-corrected chi connectivity index (χ1v) is 0. The molecule has 0 unspecified atom stereocenters. The molecule has 0 aromatic carbocycles. The van der Waals surface area contributed by atoms with E-state index in [4.69, 9.17) is 0 Å². The zero-order valence-corrected chi connectivity index (χ0v) is 9.18. The molecule has 0 aromatic heterocycles. The number of rotatable bonds is 0. The standard InChI is InChI=1S/Bi.Co.5O.V/q+3;+2;5*-2;. The summed E-state index contributed by atoms with van der Waals surface area (Å²) in [5.41, 5.74) is 0. The van der Waals surface area contributed by atoms with Gasteiger partial charge in [-0.05, 0) is 0 Å². The van der Waals surface area contributed by atoms with Crippen molar-refractivity contribution in [3.05, 3.63) is 0 Å². The summed E-state index contributed by atoms with van der Waals surface area (Å²) in [6, 6.07) is 0. The molecule has 0 bridgehead atoms. The van der Waals surface area contributed by atoms with E-state index in [1.54, 1.807) is 0 Å². The molecule has 0 saturated heterocycles. The van der Waals surface area contributed by atoms with Gasteiger partial charge >= 0.3 is 43.0 Å². The minimum absolute atomic E-state index is 0. The van der Waals surface area contributed by atoms with Crippen LogP contribution in [0.4, 0.5) is 0 Å². The second-order valence-corrected chi connectivity index (χ2v) is 0. The molecule has 0 amide bonds. The zero-order chi connectivity index (χ0) is 0. The van der Waals surface area contributed by atoms with Crippen LogP contribution in [0.3, 0.4) is 0 Å². The molecule has 54 valence electrons. The maximum atomic E-state index is 0. The second kappa shape index (κ2) is 168. The van der Waals surface area contributed by atoms with E-state index < -0.39 is 0 Å². The SMILES string of the molecule is [Bi+3].[Co+2].[O-2].[O-2].[O-2].[O-2].[O-2].[V]. The summed E-state index contributed by atoms with van der Waals surface area (Å²) < 4.78 is 0. The Labute approximate surface area is 88.3 Å². The normalized spacial score (nSPS) is 0. The third kappa shape index (κ3) is 113. The smallest absolute Gasteiger partial charge is 2.00 e. The van der Waals surface area contributed by atoms with Crippen molar-refractivity contribution in [2.24, 2.45) is 0 Å². The largest absolute Gasteiger partial charge is 3.00 e. The van der Waals surface area contributed by atoms with Crippen molar-refractivity contribution < 1.29 is 62.7 Å². The molecule has 8 heteroatoms. The summed E-state index contributed by atoms with van der Waals surface area (Å²) in [5, 5.41) is 0. The van der Waals surface area contributed by atoms with Gasteiger partial charge in [0.2, 0.25) is 0 Å². The first-order chi connectivity index (χ1) is 0. The molecule has 0 fully saturated rings. The molecular weight excluding hydrogens is 399 g/mol. The summed E-state index contributed by atoms with van der Waals surface area (Å²) in [6.07, 6.45) is 0. The summed E-state index contributed by atoms with van der Waals surface area (Å²) in [7, 11) is 0. The van der Waals surface area contributed by atoms with Crippen LogP contribution in [0.25, 0.3) is 0 Å². The third-order valence-corrected chi connectivity index (χ3v) is 0. The van der Waals surface area contributed by atoms with Gasteiger partial charge in [-0.3, -0.25) is 0 Å². The number of hydrogen-bond donors (Lipinski definition) is 0. The fourth-order valence-corrected chi connectivity index (χ4v) is 0. The van der Waals surface area contributed by atoms with Crippen LogP contribution < -0.4 is 0 Å². The van der Waals surface area contributed by atoms with E-state index in [0.717, 1.165) is 0 Å². The molecular formula is BiCoO5V-5. The zero-order valence-electron chi connectivity index (χ0n) is 3.27. The van der Waals surface area contributed by atoms with Gasteiger partial charge in [0.1, 0.15) is 0 Å². The Hall–Kier alpha value is 1.77. The summed E-state index contributed by atoms with van der Waals surface area (Å²) in [4.78, 5) is 0. The van der Waals surface area contributed by atoms with Crippen LogP contribution in [0.2, 0.25) is 0 Å². The van der Waals surface area contributed by atoms with E-state index in [1.807, 2.05) is 0 Å². The van der Waals surface area contributed by atoms with Crippen LogP contribution in [0.1, 0.15) is 0 Å². The van der Waals surface area contributed by atoms with Gasteiger partial charge in [-0.1, -0.05) is 0 Å². The first kappa shape index (κ1) is 239. The quantitative estimate of drug-likeness (QED) is 0.462. The van der Waals surface area contributed by atoms with Crippen molar-refractivity contribution in [3.63, 3.8) is 0 Å². The van der Waals surface area contributed by atoms with Crippen LogP contribution in [0.15, 0.2) is 0 Å². The Bertz CT molecular complexity index is 12.4. The molecule has 0 rings (SSSR count). The maximum absolute atomic E-state index is 0. The van der Waals surface area contributed by atoms with Crippen LogP contribution >= 0.6 is 0 Å². The molecule has 0 aliphatic rings. The molecule has 0 N–H and O–H groups in total. The fourth-order valence-electron chi connectivity index (χ4n) is 0. The van der Waals surface area contributed by atoms with E-state index >= 15 is 0 Å². The molecule has 0 spiro atoms. The van der Waals surface area contributed by atoms with E-state index in [-0.39, 0.29) is 88.9 Å². The fraction of sp³-hybridized carbons (Fsp3) is 0. The van der Waals surface area contributed by atoms with E-state index in [9.17, 15) is 0 Å². The van der Waals surface area contributed by atoms with Crippen molar-refractivity contribution in [2.45, 2.75) is 0 Å². The van der Waals surface area contributed by atoms with Crippen LogP contribution in [0, 0.1) is 0 Å². The number of hydrogen-bond acceptors (Lipinski definition) is 0.